The lowest BCUT2D eigenvalue weighted by atomic mass is 10.2. The maximum Gasteiger partial charge on any atom is 0.0642 e. The Labute approximate surface area is 76.1 Å². The Morgan fingerprint density at radius 2 is 2.45 bits per heavy atom. The lowest BCUT2D eigenvalue weighted by Crippen LogP contribution is -2.06. The van der Waals surface area contributed by atoms with Crippen LogP contribution < -0.4 is 5.73 Å². The van der Waals surface area contributed by atoms with Gasteiger partial charge in [0.15, 0.2) is 0 Å². The molecule has 0 spiro atoms. The molecule has 60 valence electrons. The molecule has 0 aliphatic carbocycles. The van der Waals surface area contributed by atoms with E-state index in [-0.39, 0.29) is 18.4 Å². The molecule has 0 amide bonds. The first-order valence-corrected chi connectivity index (χ1v) is 3.88. The van der Waals surface area contributed by atoms with Gasteiger partial charge in [-0.1, -0.05) is 6.07 Å². The molecule has 0 aliphatic rings. The van der Waals surface area contributed by atoms with E-state index in [1.54, 1.807) is 11.3 Å². The zero-order chi connectivity index (χ0) is 7.40. The predicted molar refractivity (Wildman–Crippen MR) is 48.7 cm³/mol. The lowest BCUT2D eigenvalue weighted by Gasteiger charge is -2.01. The van der Waals surface area contributed by atoms with Gasteiger partial charge in [-0.2, -0.15) is 5.26 Å². The topological polar surface area (TPSA) is 49.8 Å². The second kappa shape index (κ2) is 5.14. The van der Waals surface area contributed by atoms with Crippen molar-refractivity contribution in [3.05, 3.63) is 22.4 Å². The molecule has 0 fully saturated rings. The van der Waals surface area contributed by atoms with Crippen LogP contribution in [0.2, 0.25) is 0 Å². The van der Waals surface area contributed by atoms with Crippen LogP contribution >= 0.6 is 23.7 Å². The number of halogens is 1. The Balaban J connectivity index is 0.000001000. The van der Waals surface area contributed by atoms with Crippen molar-refractivity contribution in [1.29, 1.82) is 5.26 Å². The molecule has 0 bridgehead atoms. The molecular formula is C7H9ClN2S. The summed E-state index contributed by atoms with van der Waals surface area (Å²) in [5.74, 6) is 0. The largest absolute Gasteiger partial charge is 0.322 e. The van der Waals surface area contributed by atoms with Gasteiger partial charge in [-0.15, -0.1) is 23.7 Å². The summed E-state index contributed by atoms with van der Waals surface area (Å²) in [5.41, 5.74) is 5.64. The van der Waals surface area contributed by atoms with E-state index >= 15 is 0 Å². The van der Waals surface area contributed by atoms with Crippen molar-refractivity contribution in [2.75, 3.05) is 0 Å². The number of nitrogens with two attached hydrogens (primary N) is 1. The zero-order valence-corrected chi connectivity index (χ0v) is 7.49. The van der Waals surface area contributed by atoms with Crippen molar-refractivity contribution in [3.8, 4) is 6.07 Å². The normalized spacial score (nSPS) is 11.3. The van der Waals surface area contributed by atoms with Gasteiger partial charge < -0.3 is 5.73 Å². The Bertz CT molecular complexity index is 227. The summed E-state index contributed by atoms with van der Waals surface area (Å²) in [6.45, 7) is 0. The molecule has 2 nitrogen and oxygen atoms in total. The molecule has 1 rings (SSSR count). The van der Waals surface area contributed by atoms with E-state index in [0.29, 0.717) is 6.42 Å². The van der Waals surface area contributed by atoms with E-state index in [4.69, 9.17) is 11.0 Å². The standard InChI is InChI=1S/C7H8N2S.ClH/c8-4-3-6(9)7-2-1-5-10-7;/h1-2,5-6H,3,9H2;1H/t6-;/m0./s1. The van der Waals surface area contributed by atoms with Gasteiger partial charge in [0.25, 0.3) is 0 Å². The summed E-state index contributed by atoms with van der Waals surface area (Å²) in [5, 5.41) is 10.3. The molecule has 1 atom stereocenters. The summed E-state index contributed by atoms with van der Waals surface area (Å²) in [7, 11) is 0. The van der Waals surface area contributed by atoms with E-state index in [2.05, 4.69) is 0 Å². The Hall–Kier alpha value is -0.560. The van der Waals surface area contributed by atoms with Gasteiger partial charge in [0.1, 0.15) is 0 Å². The van der Waals surface area contributed by atoms with Crippen LogP contribution in [-0.2, 0) is 0 Å². The van der Waals surface area contributed by atoms with Gasteiger partial charge in [0.2, 0.25) is 0 Å². The lowest BCUT2D eigenvalue weighted by molar-refractivity contribution is 0.765. The third-order valence-corrected chi connectivity index (χ3v) is 2.22. The highest BCUT2D eigenvalue weighted by Gasteiger charge is 2.04. The second-order valence-corrected chi connectivity index (χ2v) is 2.96. The maximum absolute atomic E-state index is 8.31. The summed E-state index contributed by atoms with van der Waals surface area (Å²) in [6.07, 6.45) is 0.403. The van der Waals surface area contributed by atoms with Gasteiger partial charge in [0.05, 0.1) is 18.5 Å². The highest BCUT2D eigenvalue weighted by atomic mass is 35.5. The van der Waals surface area contributed by atoms with Crippen LogP contribution in [0.15, 0.2) is 17.5 Å². The minimum Gasteiger partial charge on any atom is -0.322 e. The van der Waals surface area contributed by atoms with E-state index < -0.39 is 0 Å². The molecule has 0 radical (unpaired) electrons. The van der Waals surface area contributed by atoms with Gasteiger partial charge >= 0.3 is 0 Å². The fourth-order valence-electron chi connectivity index (χ4n) is 0.701. The molecule has 0 aliphatic heterocycles. The minimum absolute atomic E-state index is 0. The van der Waals surface area contributed by atoms with E-state index in [9.17, 15) is 0 Å². The van der Waals surface area contributed by atoms with Crippen molar-refractivity contribution < 1.29 is 0 Å². The molecule has 0 aromatic carbocycles. The molecule has 1 aromatic rings. The van der Waals surface area contributed by atoms with Crippen molar-refractivity contribution in [1.82, 2.24) is 0 Å². The minimum atomic E-state index is -0.0926. The van der Waals surface area contributed by atoms with Crippen LogP contribution in [0.3, 0.4) is 0 Å². The molecule has 1 heterocycles. The van der Waals surface area contributed by atoms with Crippen molar-refractivity contribution in [2.24, 2.45) is 5.73 Å². The van der Waals surface area contributed by atoms with Crippen LogP contribution in [0.5, 0.6) is 0 Å². The van der Waals surface area contributed by atoms with E-state index in [1.807, 2.05) is 23.6 Å². The first-order chi connectivity index (χ1) is 4.84. The van der Waals surface area contributed by atoms with Crippen molar-refractivity contribution in [3.63, 3.8) is 0 Å². The van der Waals surface area contributed by atoms with E-state index in [0.717, 1.165) is 4.88 Å². The maximum atomic E-state index is 8.31. The molecule has 1 aromatic heterocycles. The predicted octanol–water partition coefficient (Wildman–Crippen LogP) is 2.08. The molecule has 0 saturated heterocycles. The van der Waals surface area contributed by atoms with Gasteiger partial charge in [-0.05, 0) is 11.4 Å². The number of rotatable bonds is 2. The van der Waals surface area contributed by atoms with Crippen LogP contribution in [-0.4, -0.2) is 0 Å². The number of nitrogens with zero attached hydrogens (tertiary/aromatic N) is 1. The number of nitriles is 1. The van der Waals surface area contributed by atoms with Crippen LogP contribution in [0.25, 0.3) is 0 Å². The molecule has 2 N–H and O–H groups in total. The van der Waals surface area contributed by atoms with Gasteiger partial charge in [-0.3, -0.25) is 0 Å². The second-order valence-electron chi connectivity index (χ2n) is 1.98. The summed E-state index contributed by atoms with van der Waals surface area (Å²) >= 11 is 1.59. The van der Waals surface area contributed by atoms with Gasteiger partial charge in [0, 0.05) is 4.88 Å². The smallest absolute Gasteiger partial charge is 0.0642 e. The Kier molecular flexibility index (Phi) is 4.88. The number of thiophene rings is 1. The van der Waals surface area contributed by atoms with Crippen LogP contribution in [0.1, 0.15) is 17.3 Å². The van der Waals surface area contributed by atoms with Crippen molar-refractivity contribution in [2.45, 2.75) is 12.5 Å². The summed E-state index contributed by atoms with van der Waals surface area (Å²) in [6, 6.07) is 5.84. The highest BCUT2D eigenvalue weighted by Crippen LogP contribution is 2.18. The molecule has 0 saturated carbocycles. The quantitative estimate of drug-likeness (QED) is 0.773. The Morgan fingerprint density at radius 3 is 2.91 bits per heavy atom. The first-order valence-electron chi connectivity index (χ1n) is 3.00. The first kappa shape index (κ1) is 10.4. The monoisotopic (exact) mass is 188 g/mol. The molecule has 0 unspecified atom stereocenters. The fraction of sp³-hybridized carbons (Fsp3) is 0.286. The van der Waals surface area contributed by atoms with Crippen LogP contribution in [0, 0.1) is 11.3 Å². The summed E-state index contributed by atoms with van der Waals surface area (Å²) < 4.78 is 0. The molecule has 4 heteroatoms. The third-order valence-electron chi connectivity index (χ3n) is 1.22. The van der Waals surface area contributed by atoms with Crippen molar-refractivity contribution >= 4 is 23.7 Å². The van der Waals surface area contributed by atoms with Crippen LogP contribution in [0.4, 0.5) is 0 Å². The third kappa shape index (κ3) is 2.89. The number of hydrogen-bond donors (Lipinski definition) is 1. The SMILES string of the molecule is Cl.N#CC[C@H](N)c1cccs1. The zero-order valence-electron chi connectivity index (χ0n) is 5.86. The average Bonchev–Trinajstić information content (AvgIpc) is 2.38. The number of hydrogen-bond acceptors (Lipinski definition) is 3. The Morgan fingerprint density at radius 1 is 1.73 bits per heavy atom. The fourth-order valence-corrected chi connectivity index (χ4v) is 1.43. The summed E-state index contributed by atoms with van der Waals surface area (Å²) in [4.78, 5) is 1.08. The molecular weight excluding hydrogens is 180 g/mol. The highest BCUT2D eigenvalue weighted by molar-refractivity contribution is 7.10. The van der Waals surface area contributed by atoms with E-state index in [1.165, 1.54) is 0 Å². The average molecular weight is 189 g/mol. The molecule has 11 heavy (non-hydrogen) atoms. The van der Waals surface area contributed by atoms with Gasteiger partial charge in [-0.25, -0.2) is 0 Å².